The lowest BCUT2D eigenvalue weighted by Gasteiger charge is -2.17. The fourth-order valence-electron chi connectivity index (χ4n) is 4.68. The minimum absolute atomic E-state index is 0.00293. The van der Waals surface area contributed by atoms with Crippen molar-refractivity contribution in [3.8, 4) is 5.95 Å². The number of aliphatic hydroxyl groups excluding tert-OH is 3. The van der Waals surface area contributed by atoms with E-state index in [-0.39, 0.29) is 17.9 Å². The van der Waals surface area contributed by atoms with Gasteiger partial charge in [-0.15, -0.1) is 0 Å². The minimum atomic E-state index is -1.33. The van der Waals surface area contributed by atoms with Crippen LogP contribution in [-0.4, -0.2) is 94.7 Å². The predicted octanol–water partition coefficient (Wildman–Crippen LogP) is 0.408. The molecule has 0 bridgehead atoms. The van der Waals surface area contributed by atoms with Gasteiger partial charge in [-0.2, -0.15) is 15.1 Å². The molecule has 1 amide bonds. The molecule has 2 aliphatic heterocycles. The number of amides is 1. The lowest BCUT2D eigenvalue weighted by Crippen LogP contribution is -2.33. The van der Waals surface area contributed by atoms with Gasteiger partial charge in [0.15, 0.2) is 23.2 Å². The van der Waals surface area contributed by atoms with Gasteiger partial charge in [0.2, 0.25) is 0 Å². The molecule has 6 rings (SSSR count). The third-order valence-corrected chi connectivity index (χ3v) is 7.14. The number of fused-ring (bicyclic) bond motifs is 1. The lowest BCUT2D eigenvalue weighted by molar-refractivity contribution is -0.0511. The van der Waals surface area contributed by atoms with Crippen molar-refractivity contribution in [3.63, 3.8) is 0 Å². The zero-order valence-electron chi connectivity index (χ0n) is 21.1. The quantitative estimate of drug-likeness (QED) is 0.198. The molecule has 1 aromatic carbocycles. The molecular formula is C25H27ClN8O6. The van der Waals surface area contributed by atoms with Crippen LogP contribution in [0.4, 0.5) is 5.82 Å². The van der Waals surface area contributed by atoms with E-state index < -0.39 is 31.1 Å². The first-order chi connectivity index (χ1) is 19.4. The number of anilines is 1. The average molecular weight is 571 g/mol. The lowest BCUT2D eigenvalue weighted by atomic mass is 10.1. The van der Waals surface area contributed by atoms with Crippen molar-refractivity contribution in [3.05, 3.63) is 59.1 Å². The van der Waals surface area contributed by atoms with Crippen LogP contribution in [0.2, 0.25) is 5.02 Å². The van der Waals surface area contributed by atoms with Crippen LogP contribution in [0.15, 0.2) is 43.0 Å². The molecule has 210 valence electrons. The van der Waals surface area contributed by atoms with Gasteiger partial charge in [0.05, 0.1) is 37.3 Å². The minimum Gasteiger partial charge on any atom is -0.394 e. The normalized spacial score (nSPS) is 24.6. The van der Waals surface area contributed by atoms with E-state index >= 15 is 0 Å². The summed E-state index contributed by atoms with van der Waals surface area (Å²) >= 11 is 5.93. The van der Waals surface area contributed by atoms with Crippen LogP contribution in [-0.2, 0) is 16.0 Å². The maximum atomic E-state index is 12.8. The van der Waals surface area contributed by atoms with Crippen molar-refractivity contribution in [1.29, 1.82) is 0 Å². The van der Waals surface area contributed by atoms with Crippen molar-refractivity contribution >= 4 is 34.5 Å². The zero-order valence-corrected chi connectivity index (χ0v) is 21.8. The Morgan fingerprint density at radius 2 is 2.00 bits per heavy atom. The Hall–Kier alpha value is -3.66. The van der Waals surface area contributed by atoms with Gasteiger partial charge in [-0.3, -0.25) is 9.36 Å². The number of hydrogen-bond acceptors (Lipinski definition) is 11. The van der Waals surface area contributed by atoms with E-state index in [1.807, 2.05) is 12.1 Å². The van der Waals surface area contributed by atoms with Crippen molar-refractivity contribution in [2.24, 2.45) is 0 Å². The molecule has 3 aromatic heterocycles. The highest BCUT2D eigenvalue weighted by molar-refractivity contribution is 6.30. The smallest absolute Gasteiger partial charge is 0.254 e. The molecule has 2 fully saturated rings. The fourth-order valence-corrected chi connectivity index (χ4v) is 4.81. The molecule has 2 saturated heterocycles. The summed E-state index contributed by atoms with van der Waals surface area (Å²) in [5.74, 6) is 0.213. The second kappa shape index (κ2) is 11.1. The van der Waals surface area contributed by atoms with E-state index in [0.717, 1.165) is 12.0 Å². The molecule has 15 heteroatoms. The maximum Gasteiger partial charge on any atom is 0.254 e. The van der Waals surface area contributed by atoms with Crippen molar-refractivity contribution in [2.45, 2.75) is 43.5 Å². The second-order valence-corrected chi connectivity index (χ2v) is 10.0. The molecule has 5 atom stereocenters. The van der Waals surface area contributed by atoms with Crippen LogP contribution in [0.5, 0.6) is 0 Å². The summed E-state index contributed by atoms with van der Waals surface area (Å²) in [7, 11) is 0. The predicted molar refractivity (Wildman–Crippen MR) is 141 cm³/mol. The number of imidazole rings is 1. The van der Waals surface area contributed by atoms with E-state index in [9.17, 15) is 20.1 Å². The topological polar surface area (TPSA) is 182 Å². The van der Waals surface area contributed by atoms with Gasteiger partial charge >= 0.3 is 0 Å². The fraction of sp³-hybridized carbons (Fsp3) is 0.400. The maximum absolute atomic E-state index is 12.8. The van der Waals surface area contributed by atoms with Crippen molar-refractivity contribution < 1.29 is 29.6 Å². The van der Waals surface area contributed by atoms with Crippen LogP contribution in [0, 0.1) is 0 Å². The van der Waals surface area contributed by atoms with Crippen LogP contribution in [0.1, 0.15) is 28.6 Å². The summed E-state index contributed by atoms with van der Waals surface area (Å²) in [6.45, 7) is 0.955. The summed E-state index contributed by atoms with van der Waals surface area (Å²) in [4.78, 5) is 26.5. The van der Waals surface area contributed by atoms with Crippen molar-refractivity contribution in [1.82, 2.24) is 34.6 Å². The summed E-state index contributed by atoms with van der Waals surface area (Å²) in [6.07, 6.45) is 0.492. The number of nitrogens with one attached hydrogen (secondary N) is 2. The molecule has 4 aromatic rings. The summed E-state index contributed by atoms with van der Waals surface area (Å²) in [6, 6.07) is 7.16. The van der Waals surface area contributed by atoms with Crippen LogP contribution in [0.3, 0.4) is 0 Å². The number of rotatable bonds is 8. The van der Waals surface area contributed by atoms with Crippen LogP contribution in [0.25, 0.3) is 17.1 Å². The Balaban J connectivity index is 1.31. The number of hydrogen-bond donors (Lipinski definition) is 5. The summed E-state index contributed by atoms with van der Waals surface area (Å²) in [5, 5.41) is 41.5. The van der Waals surface area contributed by atoms with Crippen LogP contribution < -0.4 is 10.6 Å². The number of benzene rings is 1. The molecule has 0 aliphatic carbocycles. The Labute approximate surface area is 232 Å². The van der Waals surface area contributed by atoms with Gasteiger partial charge < -0.3 is 35.4 Å². The third-order valence-electron chi connectivity index (χ3n) is 6.89. The van der Waals surface area contributed by atoms with Gasteiger partial charge in [0.1, 0.15) is 18.3 Å². The van der Waals surface area contributed by atoms with Gasteiger partial charge in [0.25, 0.3) is 11.9 Å². The summed E-state index contributed by atoms with van der Waals surface area (Å²) < 4.78 is 14.0. The van der Waals surface area contributed by atoms with Gasteiger partial charge in [-0.1, -0.05) is 23.7 Å². The first-order valence-corrected chi connectivity index (χ1v) is 13.1. The zero-order chi connectivity index (χ0) is 27.8. The first kappa shape index (κ1) is 26.6. The molecule has 5 N–H and O–H groups in total. The molecule has 1 unspecified atom stereocenters. The molecule has 2 aliphatic rings. The first-order valence-electron chi connectivity index (χ1n) is 12.7. The van der Waals surface area contributed by atoms with E-state index in [2.05, 4.69) is 30.7 Å². The molecular weight excluding hydrogens is 544 g/mol. The number of aromatic nitrogens is 6. The molecule has 5 heterocycles. The third kappa shape index (κ3) is 5.12. The standard InChI is InChI=1S/C25H27ClN8O6/c26-15-3-1-13(2-4-15)7-27-23(38)14-8-29-34(9-14)25-31-21(30-16-5-6-39-11-16)18-22(32-25)33(12-28-18)24-20(37)19(36)17(10-35)40-24/h1-4,8-9,12,16-17,19-20,24,35-37H,5-7,10-11H2,(H,27,38)(H,30,31,32)/t16?,17-,19-,20-,24-/m1/s1. The Morgan fingerprint density at radius 3 is 2.73 bits per heavy atom. The van der Waals surface area contributed by atoms with Crippen molar-refractivity contribution in [2.75, 3.05) is 25.1 Å². The van der Waals surface area contributed by atoms with E-state index in [4.69, 9.17) is 21.1 Å². The number of carbonyl (C=O) groups is 1. The molecule has 0 spiro atoms. The Morgan fingerprint density at radius 1 is 1.18 bits per heavy atom. The highest BCUT2D eigenvalue weighted by Crippen LogP contribution is 2.33. The monoisotopic (exact) mass is 570 g/mol. The van der Waals surface area contributed by atoms with E-state index in [1.165, 1.54) is 28.0 Å². The van der Waals surface area contributed by atoms with Gasteiger partial charge in [-0.25, -0.2) is 9.67 Å². The van der Waals surface area contributed by atoms with Crippen LogP contribution >= 0.6 is 11.6 Å². The molecule has 0 saturated carbocycles. The van der Waals surface area contributed by atoms with E-state index in [0.29, 0.717) is 47.3 Å². The van der Waals surface area contributed by atoms with Gasteiger partial charge in [0, 0.05) is 24.4 Å². The number of nitrogens with zero attached hydrogens (tertiary/aromatic N) is 6. The molecule has 40 heavy (non-hydrogen) atoms. The highest BCUT2D eigenvalue weighted by atomic mass is 35.5. The van der Waals surface area contributed by atoms with Gasteiger partial charge in [-0.05, 0) is 24.1 Å². The number of ether oxygens (including phenoxy) is 2. The largest absolute Gasteiger partial charge is 0.394 e. The Bertz CT molecular complexity index is 1500. The Kier molecular flexibility index (Phi) is 7.35. The SMILES string of the molecule is O=C(NCc1ccc(Cl)cc1)c1cnn(-c2nc(NC3CCOC3)c3ncn([C@@H]4O[C@H](CO)[C@@H](O)[C@H]4O)c3n2)c1. The number of aliphatic hydroxyl groups is 3. The second-order valence-electron chi connectivity index (χ2n) is 9.61. The highest BCUT2D eigenvalue weighted by Gasteiger charge is 2.44. The average Bonchev–Trinajstić information content (AvgIpc) is 3.77. The summed E-state index contributed by atoms with van der Waals surface area (Å²) in [5.41, 5.74) is 1.89. The number of carbonyl (C=O) groups excluding carboxylic acids is 1. The van der Waals surface area contributed by atoms with E-state index in [1.54, 1.807) is 12.1 Å². The number of halogens is 1. The molecule has 0 radical (unpaired) electrons. The molecule has 14 nitrogen and oxygen atoms in total.